The number of aromatic nitrogens is 4. The molecule has 3 amide bonds. The van der Waals surface area contributed by atoms with Crippen molar-refractivity contribution in [3.63, 3.8) is 0 Å². The van der Waals surface area contributed by atoms with Crippen molar-refractivity contribution in [2.45, 2.75) is 62.7 Å². The molecule has 210 valence electrons. The molecule has 11 nitrogen and oxygen atoms in total. The average Bonchev–Trinajstić information content (AvgIpc) is 3.78. The summed E-state index contributed by atoms with van der Waals surface area (Å²) in [4.78, 5) is 60.4. The minimum Gasteiger partial charge on any atom is -0.344 e. The number of nitrogens with zero attached hydrogens (tertiary/aromatic N) is 5. The minimum absolute atomic E-state index is 0.0346. The lowest BCUT2D eigenvalue weighted by molar-refractivity contribution is -0.137. The van der Waals surface area contributed by atoms with Gasteiger partial charge in [-0.3, -0.25) is 19.3 Å². The molecule has 3 saturated heterocycles. The molecular formula is C29H36N8O3. The van der Waals surface area contributed by atoms with Gasteiger partial charge in [0.05, 0.1) is 35.9 Å². The molecule has 3 fully saturated rings. The minimum atomic E-state index is -0.441. The fourth-order valence-electron chi connectivity index (χ4n) is 6.37. The first-order valence-corrected chi connectivity index (χ1v) is 14.1. The zero-order valence-electron chi connectivity index (χ0n) is 23.0. The quantitative estimate of drug-likeness (QED) is 0.419. The van der Waals surface area contributed by atoms with Gasteiger partial charge in [0.2, 0.25) is 17.7 Å². The number of benzene rings is 1. The van der Waals surface area contributed by atoms with Gasteiger partial charge >= 0.3 is 0 Å². The van der Waals surface area contributed by atoms with Crippen LogP contribution < -0.4 is 5.32 Å². The number of rotatable bonds is 7. The Morgan fingerprint density at radius 3 is 2.08 bits per heavy atom. The molecule has 3 aliphatic heterocycles. The van der Waals surface area contributed by atoms with E-state index in [2.05, 4.69) is 25.3 Å². The number of H-pyrrole nitrogens is 2. The Kier molecular flexibility index (Phi) is 7.14. The number of carbonyl (C=O) groups is 3. The summed E-state index contributed by atoms with van der Waals surface area (Å²) in [5.41, 5.74) is 2.55. The fourth-order valence-corrected chi connectivity index (χ4v) is 6.37. The van der Waals surface area contributed by atoms with E-state index in [-0.39, 0.29) is 35.8 Å². The molecule has 4 atom stereocenters. The summed E-state index contributed by atoms with van der Waals surface area (Å²) in [5, 5.41) is 2.79. The maximum Gasteiger partial charge on any atom is 0.245 e. The van der Waals surface area contributed by atoms with Gasteiger partial charge < -0.3 is 25.1 Å². The highest BCUT2D eigenvalue weighted by atomic mass is 16.2. The van der Waals surface area contributed by atoms with Crippen LogP contribution in [0.2, 0.25) is 0 Å². The molecule has 0 spiro atoms. The number of aromatic amines is 2. The van der Waals surface area contributed by atoms with Gasteiger partial charge in [0.25, 0.3) is 0 Å². The molecule has 3 N–H and O–H groups in total. The molecule has 0 unspecified atom stereocenters. The van der Waals surface area contributed by atoms with E-state index < -0.39 is 6.04 Å². The van der Waals surface area contributed by atoms with Crippen LogP contribution in [0.3, 0.4) is 0 Å². The van der Waals surface area contributed by atoms with Gasteiger partial charge in [-0.05, 0) is 51.8 Å². The van der Waals surface area contributed by atoms with Gasteiger partial charge in [0, 0.05) is 19.5 Å². The third-order valence-electron chi connectivity index (χ3n) is 8.34. The van der Waals surface area contributed by atoms with E-state index in [0.29, 0.717) is 25.9 Å². The van der Waals surface area contributed by atoms with Gasteiger partial charge in [-0.15, -0.1) is 0 Å². The molecule has 0 bridgehead atoms. The normalized spacial score (nSPS) is 23.7. The molecule has 0 saturated carbocycles. The van der Waals surface area contributed by atoms with Crippen LogP contribution in [0.25, 0.3) is 11.4 Å². The Bertz CT molecular complexity index is 1380. The van der Waals surface area contributed by atoms with Crippen molar-refractivity contribution in [1.82, 2.24) is 40.0 Å². The third kappa shape index (κ3) is 4.90. The molecule has 40 heavy (non-hydrogen) atoms. The molecule has 0 radical (unpaired) electrons. The number of hydrogen-bond acceptors (Lipinski definition) is 6. The van der Waals surface area contributed by atoms with E-state index in [4.69, 9.17) is 0 Å². The summed E-state index contributed by atoms with van der Waals surface area (Å²) in [5.74, 6) is 1.47. The van der Waals surface area contributed by atoms with Crippen LogP contribution in [0, 0.1) is 0 Å². The van der Waals surface area contributed by atoms with Crippen LogP contribution in [0.4, 0.5) is 0 Å². The second kappa shape index (κ2) is 10.9. The molecule has 6 rings (SSSR count). The summed E-state index contributed by atoms with van der Waals surface area (Å²) < 4.78 is 0. The van der Waals surface area contributed by atoms with E-state index in [9.17, 15) is 14.4 Å². The van der Waals surface area contributed by atoms with E-state index in [0.717, 1.165) is 54.3 Å². The summed E-state index contributed by atoms with van der Waals surface area (Å²) in [6.07, 6.45) is 7.96. The van der Waals surface area contributed by atoms with Crippen molar-refractivity contribution in [2.24, 2.45) is 0 Å². The molecular weight excluding hydrogens is 508 g/mol. The Morgan fingerprint density at radius 2 is 1.50 bits per heavy atom. The summed E-state index contributed by atoms with van der Waals surface area (Å²) in [7, 11) is 3.87. The number of imidazole rings is 2. The molecule has 1 aromatic carbocycles. The van der Waals surface area contributed by atoms with E-state index >= 15 is 0 Å². The highest BCUT2D eigenvalue weighted by Gasteiger charge is 2.39. The Balaban J connectivity index is 1.18. The summed E-state index contributed by atoms with van der Waals surface area (Å²) in [6, 6.07) is 8.81. The predicted molar refractivity (Wildman–Crippen MR) is 148 cm³/mol. The highest BCUT2D eigenvalue weighted by Crippen LogP contribution is 2.36. The highest BCUT2D eigenvalue weighted by molar-refractivity contribution is 5.91. The van der Waals surface area contributed by atoms with Crippen LogP contribution in [0.15, 0.2) is 42.7 Å². The second-order valence-electron chi connectivity index (χ2n) is 11.2. The largest absolute Gasteiger partial charge is 0.344 e. The van der Waals surface area contributed by atoms with Crippen molar-refractivity contribution in [2.75, 3.05) is 27.2 Å². The van der Waals surface area contributed by atoms with Crippen molar-refractivity contribution in [1.29, 1.82) is 0 Å². The molecule has 3 aromatic rings. The lowest BCUT2D eigenvalue weighted by Gasteiger charge is -2.31. The summed E-state index contributed by atoms with van der Waals surface area (Å²) >= 11 is 0. The maximum atomic E-state index is 13.8. The third-order valence-corrected chi connectivity index (χ3v) is 8.34. The first-order chi connectivity index (χ1) is 19.4. The number of likely N-dealkylation sites (N-methyl/N-ethyl adjacent to an activating group) is 1. The number of carbonyl (C=O) groups excluding carboxylic acids is 3. The average molecular weight is 545 g/mol. The van der Waals surface area contributed by atoms with Gasteiger partial charge in [-0.2, -0.15) is 0 Å². The van der Waals surface area contributed by atoms with E-state index in [1.54, 1.807) is 12.4 Å². The van der Waals surface area contributed by atoms with Gasteiger partial charge in [0.15, 0.2) is 0 Å². The smallest absolute Gasteiger partial charge is 0.245 e. The van der Waals surface area contributed by atoms with Crippen molar-refractivity contribution in [3.05, 3.63) is 59.9 Å². The molecule has 0 aliphatic carbocycles. The van der Waals surface area contributed by atoms with Crippen LogP contribution in [-0.2, 0) is 14.4 Å². The summed E-state index contributed by atoms with van der Waals surface area (Å²) in [6.45, 7) is 1.35. The van der Waals surface area contributed by atoms with Crippen molar-refractivity contribution in [3.8, 4) is 11.4 Å². The van der Waals surface area contributed by atoms with Crippen LogP contribution in [0.5, 0.6) is 0 Å². The van der Waals surface area contributed by atoms with E-state index in [1.807, 2.05) is 59.1 Å². The topological polar surface area (TPSA) is 130 Å². The number of likely N-dealkylation sites (tertiary alicyclic amines) is 2. The lowest BCUT2D eigenvalue weighted by Crippen LogP contribution is -2.44. The van der Waals surface area contributed by atoms with Crippen LogP contribution in [-0.4, -0.2) is 85.6 Å². The number of hydrogen-bond donors (Lipinski definition) is 3. The lowest BCUT2D eigenvalue weighted by atomic mass is 10.0. The van der Waals surface area contributed by atoms with Gasteiger partial charge in [-0.25, -0.2) is 9.97 Å². The second-order valence-corrected chi connectivity index (χ2v) is 11.2. The molecule has 3 aliphatic rings. The standard InChI is InChI=1S/C29H36N8O3/c1-35(2)25(18-8-4-3-5-9-18)29(40)37-15-7-11-23(37)27-31-17-21(34-27)20-16-30-26(33-20)22-10-6-14-36(22)28(39)19-12-13-24(38)32-19/h3-5,8-9,16-17,19,22-23,25H,6-7,10-15H2,1-2H3,(H,30,33)(H,31,34)(H,32,38)/t19-,22+,23+,25-/m1/s1. The predicted octanol–water partition coefficient (Wildman–Crippen LogP) is 2.71. The zero-order chi connectivity index (χ0) is 27.8. The zero-order valence-corrected chi connectivity index (χ0v) is 23.0. The van der Waals surface area contributed by atoms with Crippen molar-refractivity contribution >= 4 is 17.7 Å². The van der Waals surface area contributed by atoms with Gasteiger partial charge in [0.1, 0.15) is 23.7 Å². The molecule has 5 heterocycles. The molecule has 11 heteroatoms. The number of amides is 3. The van der Waals surface area contributed by atoms with Crippen LogP contribution in [0.1, 0.15) is 73.9 Å². The fraction of sp³-hybridized carbons (Fsp3) is 0.483. The van der Waals surface area contributed by atoms with Gasteiger partial charge in [-0.1, -0.05) is 30.3 Å². The first-order valence-electron chi connectivity index (χ1n) is 14.1. The van der Waals surface area contributed by atoms with Crippen molar-refractivity contribution < 1.29 is 14.4 Å². The van der Waals surface area contributed by atoms with Crippen LogP contribution >= 0.6 is 0 Å². The Hall–Kier alpha value is -3.99. The SMILES string of the molecule is CN(C)[C@@H](C(=O)N1CCC[C@H]1c1ncc(-c2cnc([C@@H]3CCCN3C(=O)[C@H]3CCC(=O)N3)[nH]2)[nH]1)c1ccccc1. The Morgan fingerprint density at radius 1 is 0.900 bits per heavy atom. The monoisotopic (exact) mass is 544 g/mol. The molecule has 2 aromatic heterocycles. The number of nitrogens with one attached hydrogen (secondary N) is 3. The maximum absolute atomic E-state index is 13.8. The Labute approximate surface area is 233 Å². The first kappa shape index (κ1) is 26.2. The van der Waals surface area contributed by atoms with E-state index in [1.165, 1.54) is 0 Å².